The predicted octanol–water partition coefficient (Wildman–Crippen LogP) is 3.27. The van der Waals surface area contributed by atoms with Crippen LogP contribution in [0, 0.1) is 4.77 Å². The third-order valence-electron chi connectivity index (χ3n) is 3.42. The molecule has 2 aromatic rings. The van der Waals surface area contributed by atoms with Gasteiger partial charge in [0.05, 0.1) is 5.69 Å². The average molecular weight is 257 g/mol. The molecule has 3 nitrogen and oxygen atoms in total. The number of hydrogen-bond acceptors (Lipinski definition) is 3. The first kappa shape index (κ1) is 11.4. The molecular weight excluding hydrogens is 242 g/mol. The van der Waals surface area contributed by atoms with Gasteiger partial charge >= 0.3 is 0 Å². The van der Waals surface area contributed by atoms with E-state index < -0.39 is 0 Å². The van der Waals surface area contributed by atoms with Crippen molar-refractivity contribution in [3.05, 3.63) is 40.2 Å². The van der Waals surface area contributed by atoms with E-state index in [-0.39, 0.29) is 0 Å². The Kier molecular flexibility index (Phi) is 2.88. The fourth-order valence-corrected chi connectivity index (χ4v) is 2.75. The van der Waals surface area contributed by atoms with Crippen molar-refractivity contribution in [3.8, 4) is 11.3 Å². The zero-order valence-corrected chi connectivity index (χ0v) is 10.9. The van der Waals surface area contributed by atoms with E-state index >= 15 is 0 Å². The number of rotatable bonds is 1. The van der Waals surface area contributed by atoms with Crippen molar-refractivity contribution in [2.75, 3.05) is 5.73 Å². The maximum absolute atomic E-state index is 5.74. The first-order chi connectivity index (χ1) is 8.72. The minimum Gasteiger partial charge on any atom is -0.384 e. The second-order valence-electron chi connectivity index (χ2n) is 4.72. The van der Waals surface area contributed by atoms with Crippen LogP contribution in [0.15, 0.2) is 24.3 Å². The van der Waals surface area contributed by atoms with Crippen molar-refractivity contribution in [1.82, 2.24) is 9.97 Å². The molecule has 1 heterocycles. The van der Waals surface area contributed by atoms with Gasteiger partial charge in [-0.2, -0.15) is 0 Å². The zero-order chi connectivity index (χ0) is 12.5. The van der Waals surface area contributed by atoms with E-state index in [1.54, 1.807) is 0 Å². The van der Waals surface area contributed by atoms with Crippen molar-refractivity contribution >= 4 is 18.0 Å². The molecule has 92 valence electrons. The fraction of sp³-hybridized carbons (Fsp3) is 0.286. The second kappa shape index (κ2) is 4.53. The van der Waals surface area contributed by atoms with E-state index in [1.165, 1.54) is 36.8 Å². The summed E-state index contributed by atoms with van der Waals surface area (Å²) in [6.07, 6.45) is 4.95. The highest BCUT2D eigenvalue weighted by Crippen LogP contribution is 2.26. The normalized spacial score (nSPS) is 14.2. The fourth-order valence-electron chi connectivity index (χ4n) is 2.53. The summed E-state index contributed by atoms with van der Waals surface area (Å²) in [7, 11) is 0. The summed E-state index contributed by atoms with van der Waals surface area (Å²) in [6, 6.07) is 8.43. The van der Waals surface area contributed by atoms with Gasteiger partial charge in [0.2, 0.25) is 0 Å². The van der Waals surface area contributed by atoms with E-state index in [9.17, 15) is 0 Å². The molecule has 0 saturated carbocycles. The maximum Gasteiger partial charge on any atom is 0.199 e. The van der Waals surface area contributed by atoms with Crippen molar-refractivity contribution in [1.29, 1.82) is 0 Å². The first-order valence-corrected chi connectivity index (χ1v) is 6.62. The SMILES string of the molecule is Nc1cc(-c2ccc3c(c2)CCCC3)[nH]c(=S)n1. The molecule has 3 N–H and O–H groups in total. The van der Waals surface area contributed by atoms with Crippen molar-refractivity contribution < 1.29 is 0 Å². The van der Waals surface area contributed by atoms with Crippen LogP contribution in [0.5, 0.6) is 0 Å². The number of nitrogen functional groups attached to an aromatic ring is 1. The van der Waals surface area contributed by atoms with E-state index in [2.05, 4.69) is 28.2 Å². The molecule has 1 aliphatic rings. The van der Waals surface area contributed by atoms with E-state index in [0.717, 1.165) is 11.3 Å². The maximum atomic E-state index is 5.74. The third-order valence-corrected chi connectivity index (χ3v) is 3.62. The number of anilines is 1. The number of hydrogen-bond donors (Lipinski definition) is 2. The van der Waals surface area contributed by atoms with E-state index in [0.29, 0.717) is 10.6 Å². The summed E-state index contributed by atoms with van der Waals surface area (Å²) < 4.78 is 0.433. The van der Waals surface area contributed by atoms with Gasteiger partial charge in [0.15, 0.2) is 4.77 Å². The van der Waals surface area contributed by atoms with Crippen LogP contribution in [0.1, 0.15) is 24.0 Å². The summed E-state index contributed by atoms with van der Waals surface area (Å²) in [4.78, 5) is 7.08. The molecule has 18 heavy (non-hydrogen) atoms. The van der Waals surface area contributed by atoms with Gasteiger partial charge < -0.3 is 10.7 Å². The van der Waals surface area contributed by atoms with Crippen molar-refractivity contribution in [3.63, 3.8) is 0 Å². The molecular formula is C14H15N3S. The molecule has 0 bridgehead atoms. The highest BCUT2D eigenvalue weighted by molar-refractivity contribution is 7.71. The van der Waals surface area contributed by atoms with E-state index in [4.69, 9.17) is 18.0 Å². The lowest BCUT2D eigenvalue weighted by Crippen LogP contribution is -2.02. The van der Waals surface area contributed by atoms with Crippen LogP contribution in [0.2, 0.25) is 0 Å². The van der Waals surface area contributed by atoms with Crippen LogP contribution >= 0.6 is 12.2 Å². The minimum absolute atomic E-state index is 0.433. The average Bonchev–Trinajstić information content (AvgIpc) is 2.37. The molecule has 0 radical (unpaired) electrons. The molecule has 0 amide bonds. The van der Waals surface area contributed by atoms with Crippen LogP contribution in [0.25, 0.3) is 11.3 Å². The number of nitrogens with two attached hydrogens (primary N) is 1. The third kappa shape index (κ3) is 2.16. The van der Waals surface area contributed by atoms with Gasteiger partial charge in [-0.05, 0) is 60.7 Å². The lowest BCUT2D eigenvalue weighted by molar-refractivity contribution is 0.686. The molecule has 0 atom stereocenters. The number of nitrogens with one attached hydrogen (secondary N) is 1. The summed E-state index contributed by atoms with van der Waals surface area (Å²) in [5.74, 6) is 0.464. The zero-order valence-electron chi connectivity index (χ0n) is 10.1. The Balaban J connectivity index is 2.08. The lowest BCUT2D eigenvalue weighted by Gasteiger charge is -2.16. The second-order valence-corrected chi connectivity index (χ2v) is 5.10. The van der Waals surface area contributed by atoms with Gasteiger partial charge in [-0.1, -0.05) is 12.1 Å². The Morgan fingerprint density at radius 2 is 1.89 bits per heavy atom. The monoisotopic (exact) mass is 257 g/mol. The quantitative estimate of drug-likeness (QED) is 0.771. The predicted molar refractivity (Wildman–Crippen MR) is 75.9 cm³/mol. The van der Waals surface area contributed by atoms with Gasteiger partial charge in [-0.25, -0.2) is 4.98 Å². The Hall–Kier alpha value is -1.68. The standard InChI is InChI=1S/C14H15N3S/c15-13-8-12(16-14(18)17-13)11-6-5-9-3-1-2-4-10(9)7-11/h5-8H,1-4H2,(H3,15,16,17,18). The van der Waals surface area contributed by atoms with E-state index in [1.807, 2.05) is 6.07 Å². The minimum atomic E-state index is 0.433. The Bertz CT molecular complexity index is 646. The van der Waals surface area contributed by atoms with Crippen LogP contribution in [-0.2, 0) is 12.8 Å². The number of H-pyrrole nitrogens is 1. The Morgan fingerprint density at radius 1 is 1.11 bits per heavy atom. The van der Waals surface area contributed by atoms with Gasteiger partial charge in [0.1, 0.15) is 5.82 Å². The Morgan fingerprint density at radius 3 is 2.67 bits per heavy atom. The number of nitrogens with zero attached hydrogens (tertiary/aromatic N) is 1. The molecule has 4 heteroatoms. The highest BCUT2D eigenvalue weighted by atomic mass is 32.1. The largest absolute Gasteiger partial charge is 0.384 e. The summed E-state index contributed by atoms with van der Waals surface area (Å²) in [5.41, 5.74) is 10.7. The smallest absolute Gasteiger partial charge is 0.199 e. The summed E-state index contributed by atoms with van der Waals surface area (Å²) >= 11 is 5.06. The molecule has 0 saturated heterocycles. The lowest BCUT2D eigenvalue weighted by atomic mass is 9.90. The molecule has 0 aliphatic heterocycles. The van der Waals surface area contributed by atoms with Gasteiger partial charge in [-0.15, -0.1) is 0 Å². The highest BCUT2D eigenvalue weighted by Gasteiger charge is 2.10. The molecule has 1 aliphatic carbocycles. The number of aromatic nitrogens is 2. The van der Waals surface area contributed by atoms with Crippen molar-refractivity contribution in [2.24, 2.45) is 0 Å². The van der Waals surface area contributed by atoms with Crippen LogP contribution < -0.4 is 5.73 Å². The summed E-state index contributed by atoms with van der Waals surface area (Å²) in [5, 5.41) is 0. The molecule has 1 aromatic heterocycles. The molecule has 1 aromatic carbocycles. The van der Waals surface area contributed by atoms with Gasteiger partial charge in [0.25, 0.3) is 0 Å². The number of aryl methyl sites for hydroxylation is 2. The number of aromatic amines is 1. The van der Waals surface area contributed by atoms with Crippen LogP contribution in [0.4, 0.5) is 5.82 Å². The molecule has 0 fully saturated rings. The van der Waals surface area contributed by atoms with Crippen LogP contribution in [-0.4, -0.2) is 9.97 Å². The number of benzene rings is 1. The molecule has 3 rings (SSSR count). The first-order valence-electron chi connectivity index (χ1n) is 6.21. The van der Waals surface area contributed by atoms with Gasteiger partial charge in [0, 0.05) is 6.07 Å². The topological polar surface area (TPSA) is 54.7 Å². The van der Waals surface area contributed by atoms with Crippen molar-refractivity contribution in [2.45, 2.75) is 25.7 Å². The molecule has 0 spiro atoms. The Labute approximate surface area is 111 Å². The van der Waals surface area contributed by atoms with Crippen LogP contribution in [0.3, 0.4) is 0 Å². The molecule has 0 unspecified atom stereocenters. The number of fused-ring (bicyclic) bond motifs is 1. The summed E-state index contributed by atoms with van der Waals surface area (Å²) in [6.45, 7) is 0. The van der Waals surface area contributed by atoms with Gasteiger partial charge in [-0.3, -0.25) is 0 Å².